The molecule has 0 unspecified atom stereocenters. The van der Waals surface area contributed by atoms with Crippen molar-refractivity contribution in [3.63, 3.8) is 0 Å². The number of hydrogen-bond donors (Lipinski definition) is 0. The van der Waals surface area contributed by atoms with Gasteiger partial charge in [-0.3, -0.25) is 0 Å². The third-order valence-corrected chi connectivity index (χ3v) is 3.11. The van der Waals surface area contributed by atoms with Crippen LogP contribution in [-0.2, 0) is 0 Å². The summed E-state index contributed by atoms with van der Waals surface area (Å²) in [5, 5.41) is 0. The summed E-state index contributed by atoms with van der Waals surface area (Å²) < 4.78 is 5.15. The molecule has 0 N–H and O–H groups in total. The second-order valence-corrected chi connectivity index (χ2v) is 4.95. The SMILES string of the molecule is COc1ccc(N2C=CC(C)(C)CC2)cc1. The van der Waals surface area contributed by atoms with Gasteiger partial charge in [0.1, 0.15) is 5.75 Å². The summed E-state index contributed by atoms with van der Waals surface area (Å²) in [6.45, 7) is 5.62. The molecular formula is C14H19NO. The molecule has 2 nitrogen and oxygen atoms in total. The van der Waals surface area contributed by atoms with Crippen LogP contribution in [0.2, 0.25) is 0 Å². The summed E-state index contributed by atoms with van der Waals surface area (Å²) in [5.41, 5.74) is 1.57. The lowest BCUT2D eigenvalue weighted by molar-refractivity contribution is 0.414. The first-order valence-corrected chi connectivity index (χ1v) is 5.71. The zero-order valence-electron chi connectivity index (χ0n) is 10.2. The summed E-state index contributed by atoms with van der Waals surface area (Å²) in [7, 11) is 1.69. The van der Waals surface area contributed by atoms with E-state index < -0.39 is 0 Å². The third-order valence-electron chi connectivity index (χ3n) is 3.11. The van der Waals surface area contributed by atoms with Crippen molar-refractivity contribution in [2.45, 2.75) is 20.3 Å². The van der Waals surface area contributed by atoms with Gasteiger partial charge in [0, 0.05) is 18.4 Å². The van der Waals surface area contributed by atoms with Gasteiger partial charge in [0.25, 0.3) is 0 Å². The van der Waals surface area contributed by atoms with Gasteiger partial charge < -0.3 is 9.64 Å². The Hall–Kier alpha value is -1.44. The fraction of sp³-hybridized carbons (Fsp3) is 0.429. The zero-order chi connectivity index (χ0) is 11.6. The minimum absolute atomic E-state index is 0.336. The molecule has 1 aromatic rings. The van der Waals surface area contributed by atoms with E-state index in [0.29, 0.717) is 5.41 Å². The third kappa shape index (κ3) is 2.38. The number of ether oxygens (including phenoxy) is 1. The maximum absolute atomic E-state index is 5.15. The second kappa shape index (κ2) is 4.20. The molecule has 0 amide bonds. The van der Waals surface area contributed by atoms with E-state index in [0.717, 1.165) is 12.3 Å². The highest BCUT2D eigenvalue weighted by molar-refractivity contribution is 5.52. The minimum atomic E-state index is 0.336. The highest BCUT2D eigenvalue weighted by atomic mass is 16.5. The second-order valence-electron chi connectivity index (χ2n) is 4.95. The van der Waals surface area contributed by atoms with Gasteiger partial charge in [-0.15, -0.1) is 0 Å². The normalized spacial score (nSPS) is 18.6. The molecule has 2 rings (SSSR count). The Morgan fingerprint density at radius 1 is 1.19 bits per heavy atom. The molecule has 1 heterocycles. The molecule has 0 spiro atoms. The fourth-order valence-corrected chi connectivity index (χ4v) is 1.85. The van der Waals surface area contributed by atoms with E-state index in [4.69, 9.17) is 4.74 Å². The van der Waals surface area contributed by atoms with E-state index >= 15 is 0 Å². The summed E-state index contributed by atoms with van der Waals surface area (Å²) >= 11 is 0. The summed E-state index contributed by atoms with van der Waals surface area (Å²) in [6, 6.07) is 8.20. The van der Waals surface area contributed by atoms with Crippen molar-refractivity contribution in [2.24, 2.45) is 5.41 Å². The van der Waals surface area contributed by atoms with Gasteiger partial charge in [-0.2, -0.15) is 0 Å². The monoisotopic (exact) mass is 217 g/mol. The van der Waals surface area contributed by atoms with Crippen LogP contribution in [-0.4, -0.2) is 13.7 Å². The van der Waals surface area contributed by atoms with E-state index in [1.807, 2.05) is 12.1 Å². The smallest absolute Gasteiger partial charge is 0.119 e. The summed E-state index contributed by atoms with van der Waals surface area (Å²) in [6.07, 6.45) is 5.65. The molecule has 1 aliphatic rings. The van der Waals surface area contributed by atoms with Crippen LogP contribution in [0.15, 0.2) is 36.5 Å². The van der Waals surface area contributed by atoms with Crippen molar-refractivity contribution in [1.29, 1.82) is 0 Å². The first kappa shape index (κ1) is 11.1. The Kier molecular flexibility index (Phi) is 2.90. The van der Waals surface area contributed by atoms with Crippen molar-refractivity contribution in [2.75, 3.05) is 18.6 Å². The van der Waals surface area contributed by atoms with E-state index in [1.165, 1.54) is 12.1 Å². The Balaban J connectivity index is 2.14. The lowest BCUT2D eigenvalue weighted by Gasteiger charge is -2.32. The minimum Gasteiger partial charge on any atom is -0.497 e. The van der Waals surface area contributed by atoms with Gasteiger partial charge in [0.2, 0.25) is 0 Å². The number of allylic oxidation sites excluding steroid dienone is 1. The van der Waals surface area contributed by atoms with Crippen molar-refractivity contribution < 1.29 is 4.74 Å². The van der Waals surface area contributed by atoms with E-state index in [1.54, 1.807) is 7.11 Å². The van der Waals surface area contributed by atoms with Gasteiger partial charge in [-0.25, -0.2) is 0 Å². The summed E-state index contributed by atoms with van der Waals surface area (Å²) in [5.74, 6) is 0.907. The van der Waals surface area contributed by atoms with Crippen LogP contribution < -0.4 is 9.64 Å². The molecule has 0 aromatic heterocycles. The molecule has 16 heavy (non-hydrogen) atoms. The number of rotatable bonds is 2. The zero-order valence-corrected chi connectivity index (χ0v) is 10.2. The maximum atomic E-state index is 5.15. The fourth-order valence-electron chi connectivity index (χ4n) is 1.85. The number of nitrogens with zero attached hydrogens (tertiary/aromatic N) is 1. The lowest BCUT2D eigenvalue weighted by Crippen LogP contribution is -2.27. The molecule has 1 aliphatic heterocycles. The van der Waals surface area contributed by atoms with Crippen LogP contribution >= 0.6 is 0 Å². The van der Waals surface area contributed by atoms with Crippen LogP contribution in [0.25, 0.3) is 0 Å². The number of benzene rings is 1. The Labute approximate surface area is 97.5 Å². The average Bonchev–Trinajstić information content (AvgIpc) is 2.29. The molecule has 1 aromatic carbocycles. The molecule has 86 valence electrons. The molecule has 0 radical (unpaired) electrons. The molecule has 0 atom stereocenters. The molecular weight excluding hydrogens is 198 g/mol. The Morgan fingerprint density at radius 3 is 2.38 bits per heavy atom. The van der Waals surface area contributed by atoms with Crippen LogP contribution in [0.5, 0.6) is 5.75 Å². The molecule has 0 saturated heterocycles. The van der Waals surface area contributed by atoms with Gasteiger partial charge in [0.15, 0.2) is 0 Å². The van der Waals surface area contributed by atoms with Crippen molar-refractivity contribution in [1.82, 2.24) is 0 Å². The van der Waals surface area contributed by atoms with E-state index in [-0.39, 0.29) is 0 Å². The summed E-state index contributed by atoms with van der Waals surface area (Å²) in [4.78, 5) is 2.28. The van der Waals surface area contributed by atoms with E-state index in [2.05, 4.69) is 43.2 Å². The predicted octanol–water partition coefficient (Wildman–Crippen LogP) is 3.45. The molecule has 2 heteroatoms. The Bertz CT molecular complexity index is 378. The van der Waals surface area contributed by atoms with Gasteiger partial charge >= 0.3 is 0 Å². The van der Waals surface area contributed by atoms with Gasteiger partial charge in [-0.05, 0) is 36.1 Å². The van der Waals surface area contributed by atoms with E-state index in [9.17, 15) is 0 Å². The number of methoxy groups -OCH3 is 1. The highest BCUT2D eigenvalue weighted by Crippen LogP contribution is 2.30. The average molecular weight is 217 g/mol. The number of hydrogen-bond acceptors (Lipinski definition) is 2. The van der Waals surface area contributed by atoms with Gasteiger partial charge in [-0.1, -0.05) is 19.9 Å². The van der Waals surface area contributed by atoms with Gasteiger partial charge in [0.05, 0.1) is 7.11 Å². The highest BCUT2D eigenvalue weighted by Gasteiger charge is 2.20. The van der Waals surface area contributed by atoms with Crippen molar-refractivity contribution >= 4 is 5.69 Å². The maximum Gasteiger partial charge on any atom is 0.119 e. The largest absolute Gasteiger partial charge is 0.497 e. The van der Waals surface area contributed by atoms with Crippen molar-refractivity contribution in [3.8, 4) is 5.75 Å². The van der Waals surface area contributed by atoms with Crippen LogP contribution in [0.3, 0.4) is 0 Å². The standard InChI is InChI=1S/C14H19NO/c1-14(2)8-10-15(11-9-14)12-4-6-13(16-3)7-5-12/h4-8,10H,9,11H2,1-3H3. The topological polar surface area (TPSA) is 12.5 Å². The Morgan fingerprint density at radius 2 is 1.88 bits per heavy atom. The number of anilines is 1. The quantitative estimate of drug-likeness (QED) is 0.752. The predicted molar refractivity (Wildman–Crippen MR) is 67.9 cm³/mol. The molecule has 0 aliphatic carbocycles. The van der Waals surface area contributed by atoms with Crippen molar-refractivity contribution in [3.05, 3.63) is 36.5 Å². The van der Waals surface area contributed by atoms with Crippen LogP contribution in [0, 0.1) is 5.41 Å². The van der Waals surface area contributed by atoms with Crippen LogP contribution in [0.4, 0.5) is 5.69 Å². The lowest BCUT2D eigenvalue weighted by atomic mass is 9.87. The molecule has 0 bridgehead atoms. The molecule has 0 saturated carbocycles. The first-order valence-electron chi connectivity index (χ1n) is 5.71. The molecule has 0 fully saturated rings. The van der Waals surface area contributed by atoms with Crippen LogP contribution in [0.1, 0.15) is 20.3 Å². The first-order chi connectivity index (χ1) is 7.61.